The lowest BCUT2D eigenvalue weighted by atomic mass is 10.0. The summed E-state index contributed by atoms with van der Waals surface area (Å²) in [6, 6.07) is 15.6. The molecular weight excluding hydrogens is 468 g/mol. The van der Waals surface area contributed by atoms with Crippen molar-refractivity contribution in [1.29, 1.82) is 0 Å². The highest BCUT2D eigenvalue weighted by Crippen LogP contribution is 2.39. The Morgan fingerprint density at radius 2 is 1.82 bits per heavy atom. The third-order valence-corrected chi connectivity index (χ3v) is 7.53. The summed E-state index contributed by atoms with van der Waals surface area (Å²) in [5.41, 5.74) is 2.61. The number of halogens is 1. The number of hydrogen-bond acceptors (Lipinski definition) is 5. The van der Waals surface area contributed by atoms with E-state index in [9.17, 15) is 9.59 Å². The molecule has 0 radical (unpaired) electrons. The van der Waals surface area contributed by atoms with Gasteiger partial charge >= 0.3 is 0 Å². The number of rotatable bonds is 9. The monoisotopic (exact) mass is 496 g/mol. The van der Waals surface area contributed by atoms with Crippen LogP contribution in [0.25, 0.3) is 11.4 Å². The number of carbonyl (C=O) groups excluding carboxylic acids is 2. The van der Waals surface area contributed by atoms with Gasteiger partial charge in [0.05, 0.1) is 10.3 Å². The van der Waals surface area contributed by atoms with Crippen molar-refractivity contribution in [2.75, 3.05) is 6.54 Å². The minimum atomic E-state index is -0.311. The van der Waals surface area contributed by atoms with Crippen molar-refractivity contribution in [3.63, 3.8) is 0 Å². The summed E-state index contributed by atoms with van der Waals surface area (Å²) in [4.78, 5) is 24.2. The molecule has 1 aliphatic rings. The third kappa shape index (κ3) is 5.70. The highest BCUT2D eigenvalue weighted by molar-refractivity contribution is 8.00. The van der Waals surface area contributed by atoms with E-state index in [0.717, 1.165) is 41.4 Å². The largest absolute Gasteiger partial charge is 0.356 e. The number of Topliss-reactive ketones (excluding diaryl/α,β-unsaturated/α-hetero) is 1. The van der Waals surface area contributed by atoms with Crippen molar-refractivity contribution >= 4 is 35.1 Å². The number of nitrogens with zero attached hydrogens (tertiary/aromatic N) is 3. The van der Waals surface area contributed by atoms with Crippen molar-refractivity contribution in [2.45, 2.75) is 62.4 Å². The topological polar surface area (TPSA) is 76.9 Å². The smallest absolute Gasteiger partial charge is 0.216 e. The predicted molar refractivity (Wildman–Crippen MR) is 136 cm³/mol. The van der Waals surface area contributed by atoms with Crippen molar-refractivity contribution < 1.29 is 9.59 Å². The molecule has 4 rings (SSSR count). The second-order valence-corrected chi connectivity index (χ2v) is 10.4. The van der Waals surface area contributed by atoms with Gasteiger partial charge in [-0.3, -0.25) is 14.2 Å². The Labute approximate surface area is 209 Å². The zero-order chi connectivity index (χ0) is 24.1. The van der Waals surface area contributed by atoms with E-state index < -0.39 is 0 Å². The van der Waals surface area contributed by atoms with Crippen molar-refractivity contribution in [3.8, 4) is 11.4 Å². The van der Waals surface area contributed by atoms with Gasteiger partial charge in [0.25, 0.3) is 0 Å². The lowest BCUT2D eigenvalue weighted by molar-refractivity contribution is -0.118. The first-order chi connectivity index (χ1) is 16.4. The van der Waals surface area contributed by atoms with E-state index in [4.69, 9.17) is 11.6 Å². The van der Waals surface area contributed by atoms with Gasteiger partial charge in [0.2, 0.25) is 5.91 Å². The van der Waals surface area contributed by atoms with Crippen LogP contribution < -0.4 is 5.32 Å². The molecule has 3 aromatic rings. The summed E-state index contributed by atoms with van der Waals surface area (Å²) < 4.78 is 2.19. The van der Waals surface area contributed by atoms with Gasteiger partial charge in [0, 0.05) is 30.6 Å². The standard InChI is InChI=1S/C26H29ClN4O2S/c1-17(24(33)20-13-11-19(12-14-20)15-16-28-18(2)32)34-26-30-29-25(22-9-5-6-10-23(22)27)31(26)21-7-3-4-8-21/h5-6,9-14,17,21H,3-4,7-8,15-16H2,1-2H3,(H,28,32)/t17-/m1/s1. The Bertz CT molecular complexity index is 1160. The van der Waals surface area contributed by atoms with E-state index >= 15 is 0 Å². The fraction of sp³-hybridized carbons (Fsp3) is 0.385. The molecule has 0 aliphatic heterocycles. The van der Waals surface area contributed by atoms with Crippen LogP contribution >= 0.6 is 23.4 Å². The number of carbonyl (C=O) groups is 2. The van der Waals surface area contributed by atoms with Crippen LogP contribution in [0, 0.1) is 0 Å². The number of ketones is 1. The summed E-state index contributed by atoms with van der Waals surface area (Å²) >= 11 is 7.93. The van der Waals surface area contributed by atoms with Crippen LogP contribution in [-0.2, 0) is 11.2 Å². The first-order valence-corrected chi connectivity index (χ1v) is 12.9. The number of hydrogen-bond donors (Lipinski definition) is 1. The van der Waals surface area contributed by atoms with Crippen LogP contribution in [-0.4, -0.2) is 38.2 Å². The maximum Gasteiger partial charge on any atom is 0.216 e. The molecule has 0 saturated heterocycles. The second-order valence-electron chi connectivity index (χ2n) is 8.65. The molecule has 1 amide bonds. The van der Waals surface area contributed by atoms with Crippen LogP contribution in [0.5, 0.6) is 0 Å². The maximum atomic E-state index is 13.2. The number of amides is 1. The van der Waals surface area contributed by atoms with Gasteiger partial charge in [0.15, 0.2) is 16.8 Å². The molecule has 1 N–H and O–H groups in total. The van der Waals surface area contributed by atoms with E-state index in [2.05, 4.69) is 20.1 Å². The molecule has 0 bridgehead atoms. The molecule has 8 heteroatoms. The van der Waals surface area contributed by atoms with Crippen LogP contribution in [0.2, 0.25) is 5.02 Å². The molecule has 1 aromatic heterocycles. The van der Waals surface area contributed by atoms with Gasteiger partial charge in [-0.1, -0.05) is 72.6 Å². The summed E-state index contributed by atoms with van der Waals surface area (Å²) in [6.07, 6.45) is 5.24. The normalized spacial score (nSPS) is 14.8. The quantitative estimate of drug-likeness (QED) is 0.301. The van der Waals surface area contributed by atoms with Gasteiger partial charge in [-0.05, 0) is 43.9 Å². The molecule has 6 nitrogen and oxygen atoms in total. The molecule has 34 heavy (non-hydrogen) atoms. The average Bonchev–Trinajstić information content (AvgIpc) is 3.49. The lowest BCUT2D eigenvalue weighted by Crippen LogP contribution is -2.22. The van der Waals surface area contributed by atoms with E-state index in [0.29, 0.717) is 23.2 Å². The summed E-state index contributed by atoms with van der Waals surface area (Å²) in [7, 11) is 0. The Morgan fingerprint density at radius 3 is 2.50 bits per heavy atom. The van der Waals surface area contributed by atoms with Crippen LogP contribution in [0.1, 0.15) is 61.5 Å². The average molecular weight is 497 g/mol. The first kappa shape index (κ1) is 24.5. The maximum absolute atomic E-state index is 13.2. The van der Waals surface area contributed by atoms with Crippen LogP contribution in [0.15, 0.2) is 53.7 Å². The molecular formula is C26H29ClN4O2S. The Morgan fingerprint density at radius 1 is 1.12 bits per heavy atom. The molecule has 0 spiro atoms. The molecule has 178 valence electrons. The zero-order valence-corrected chi connectivity index (χ0v) is 21.0. The van der Waals surface area contributed by atoms with Gasteiger partial charge < -0.3 is 5.32 Å². The summed E-state index contributed by atoms with van der Waals surface area (Å²) in [5.74, 6) is 0.780. The summed E-state index contributed by atoms with van der Waals surface area (Å²) in [5, 5.41) is 12.9. The minimum absolute atomic E-state index is 0.0409. The molecule has 1 heterocycles. The van der Waals surface area contributed by atoms with E-state index in [1.165, 1.54) is 31.5 Å². The minimum Gasteiger partial charge on any atom is -0.356 e. The second kappa shape index (κ2) is 11.2. The van der Waals surface area contributed by atoms with Crippen molar-refractivity contribution in [3.05, 3.63) is 64.7 Å². The first-order valence-electron chi connectivity index (χ1n) is 11.7. The van der Waals surface area contributed by atoms with Crippen molar-refractivity contribution in [1.82, 2.24) is 20.1 Å². The molecule has 2 aromatic carbocycles. The molecule has 1 saturated carbocycles. The number of benzene rings is 2. The Balaban J connectivity index is 1.51. The third-order valence-electron chi connectivity index (χ3n) is 6.15. The highest BCUT2D eigenvalue weighted by atomic mass is 35.5. The number of thioether (sulfide) groups is 1. The lowest BCUT2D eigenvalue weighted by Gasteiger charge is -2.18. The summed E-state index contributed by atoms with van der Waals surface area (Å²) in [6.45, 7) is 4.01. The van der Waals surface area contributed by atoms with E-state index in [1.54, 1.807) is 0 Å². The van der Waals surface area contributed by atoms with Crippen molar-refractivity contribution in [2.24, 2.45) is 0 Å². The fourth-order valence-electron chi connectivity index (χ4n) is 4.34. The van der Waals surface area contributed by atoms with Crippen LogP contribution in [0.3, 0.4) is 0 Å². The Kier molecular flexibility index (Phi) is 8.06. The van der Waals surface area contributed by atoms with Gasteiger partial charge in [-0.25, -0.2) is 0 Å². The van der Waals surface area contributed by atoms with Gasteiger partial charge in [-0.15, -0.1) is 10.2 Å². The molecule has 1 fully saturated rings. The highest BCUT2D eigenvalue weighted by Gasteiger charge is 2.28. The molecule has 1 aliphatic carbocycles. The van der Waals surface area contributed by atoms with Gasteiger partial charge in [-0.2, -0.15) is 0 Å². The SMILES string of the molecule is CC(=O)NCCc1ccc(C(=O)[C@@H](C)Sc2nnc(-c3ccccc3Cl)n2C2CCCC2)cc1. The Hall–Kier alpha value is -2.64. The number of aromatic nitrogens is 3. The fourth-order valence-corrected chi connectivity index (χ4v) is 5.56. The zero-order valence-electron chi connectivity index (χ0n) is 19.5. The molecule has 0 unspecified atom stereocenters. The molecule has 1 atom stereocenters. The van der Waals surface area contributed by atoms with E-state index in [-0.39, 0.29) is 16.9 Å². The van der Waals surface area contributed by atoms with Crippen LogP contribution in [0.4, 0.5) is 0 Å². The van der Waals surface area contributed by atoms with Gasteiger partial charge in [0.1, 0.15) is 0 Å². The number of nitrogens with one attached hydrogen (secondary N) is 1. The predicted octanol–water partition coefficient (Wildman–Crippen LogP) is 5.76. The van der Waals surface area contributed by atoms with E-state index in [1.807, 2.05) is 55.5 Å².